The quantitative estimate of drug-likeness (QED) is 0.332. The van der Waals surface area contributed by atoms with E-state index in [1.165, 1.54) is 57.5 Å². The molecule has 0 aliphatic carbocycles. The molecule has 7 heteroatoms. The van der Waals surface area contributed by atoms with E-state index in [0.717, 1.165) is 32.1 Å². The first-order valence-electron chi connectivity index (χ1n) is 10.9. The molecule has 1 aromatic carbocycles. The number of likely N-dealkylation sites (N-methyl/N-ethyl adjacent to an activating group) is 1. The van der Waals surface area contributed by atoms with Gasteiger partial charge in [-0.15, -0.1) is 24.0 Å². The van der Waals surface area contributed by atoms with Crippen LogP contribution in [0.25, 0.3) is 0 Å². The smallest absolute Gasteiger partial charge is 0.191 e. The number of rotatable bonds is 7. The normalized spacial score (nSPS) is 20.7. The molecule has 6 nitrogen and oxygen atoms in total. The van der Waals surface area contributed by atoms with Gasteiger partial charge in [0.15, 0.2) is 5.96 Å². The van der Waals surface area contributed by atoms with Gasteiger partial charge in [-0.1, -0.05) is 30.3 Å². The predicted molar refractivity (Wildman–Crippen MR) is 133 cm³/mol. The zero-order valence-electron chi connectivity index (χ0n) is 18.1. The van der Waals surface area contributed by atoms with Crippen LogP contribution in [0.3, 0.4) is 0 Å². The third-order valence-electron chi connectivity index (χ3n) is 5.98. The van der Waals surface area contributed by atoms with Crippen molar-refractivity contribution in [3.63, 3.8) is 0 Å². The maximum atomic E-state index is 4.44. The van der Waals surface area contributed by atoms with E-state index < -0.39 is 0 Å². The van der Waals surface area contributed by atoms with Crippen molar-refractivity contribution in [2.24, 2.45) is 4.99 Å². The zero-order valence-corrected chi connectivity index (χ0v) is 20.5. The lowest BCUT2D eigenvalue weighted by Gasteiger charge is -2.29. The van der Waals surface area contributed by atoms with Gasteiger partial charge in [-0.25, -0.2) is 0 Å². The summed E-state index contributed by atoms with van der Waals surface area (Å²) in [5, 5.41) is 7.08. The highest BCUT2D eigenvalue weighted by Crippen LogP contribution is 2.24. The van der Waals surface area contributed by atoms with Gasteiger partial charge in [0.05, 0.1) is 6.04 Å². The van der Waals surface area contributed by atoms with Gasteiger partial charge in [-0.3, -0.25) is 9.89 Å². The summed E-state index contributed by atoms with van der Waals surface area (Å²) < 4.78 is 0. The van der Waals surface area contributed by atoms with Crippen molar-refractivity contribution in [1.82, 2.24) is 25.3 Å². The molecule has 1 atom stereocenters. The van der Waals surface area contributed by atoms with Crippen LogP contribution in [0.2, 0.25) is 0 Å². The number of hydrogen-bond donors (Lipinski definition) is 2. The first-order valence-corrected chi connectivity index (χ1v) is 10.9. The third kappa shape index (κ3) is 8.03. The van der Waals surface area contributed by atoms with Gasteiger partial charge in [0.1, 0.15) is 0 Å². The molecule has 0 spiro atoms. The first kappa shape index (κ1) is 24.4. The molecule has 1 unspecified atom stereocenters. The van der Waals surface area contributed by atoms with Gasteiger partial charge in [0.25, 0.3) is 0 Å². The van der Waals surface area contributed by atoms with Crippen LogP contribution in [-0.2, 0) is 0 Å². The summed E-state index contributed by atoms with van der Waals surface area (Å²) in [6.45, 7) is 10.0. The number of benzene rings is 1. The first-order chi connectivity index (χ1) is 13.8. The van der Waals surface area contributed by atoms with Gasteiger partial charge in [-0.05, 0) is 58.1 Å². The lowest BCUT2D eigenvalue weighted by Crippen LogP contribution is -2.45. The molecule has 2 aliphatic rings. The fourth-order valence-corrected chi connectivity index (χ4v) is 4.26. The largest absolute Gasteiger partial charge is 0.355 e. The van der Waals surface area contributed by atoms with Crippen LogP contribution < -0.4 is 10.6 Å². The monoisotopic (exact) mass is 514 g/mol. The molecule has 2 N–H and O–H groups in total. The van der Waals surface area contributed by atoms with Gasteiger partial charge in [-0.2, -0.15) is 0 Å². The standard InChI is InChI=1S/C22H38N6.HI/c1-23-22(24-11-16-27-13-8-12-26(2)17-18-27)25-19-21(28-14-6-7-15-28)20-9-4-3-5-10-20;/h3-5,9-10,21H,6-8,11-19H2,1-2H3,(H2,23,24,25);1H. The molecule has 0 bridgehead atoms. The highest BCUT2D eigenvalue weighted by molar-refractivity contribution is 14.0. The Labute approximate surface area is 194 Å². The second kappa shape index (κ2) is 13.4. The summed E-state index contributed by atoms with van der Waals surface area (Å²) >= 11 is 0. The molecule has 0 amide bonds. The van der Waals surface area contributed by atoms with Crippen LogP contribution in [-0.4, -0.2) is 93.7 Å². The molecule has 0 radical (unpaired) electrons. The Bertz CT molecular complexity index is 590. The summed E-state index contributed by atoms with van der Waals surface area (Å²) in [6.07, 6.45) is 3.88. The van der Waals surface area contributed by atoms with Gasteiger partial charge < -0.3 is 20.4 Å². The van der Waals surface area contributed by atoms with Crippen LogP contribution in [0.15, 0.2) is 35.3 Å². The fourth-order valence-electron chi connectivity index (χ4n) is 4.26. The zero-order chi connectivity index (χ0) is 19.6. The van der Waals surface area contributed by atoms with E-state index in [1.54, 1.807) is 0 Å². The highest BCUT2D eigenvalue weighted by Gasteiger charge is 2.23. The molecule has 164 valence electrons. The predicted octanol–water partition coefficient (Wildman–Crippen LogP) is 2.24. The highest BCUT2D eigenvalue weighted by atomic mass is 127. The van der Waals surface area contributed by atoms with Crippen LogP contribution in [0.4, 0.5) is 0 Å². The molecule has 0 aromatic heterocycles. The molecule has 0 saturated carbocycles. The van der Waals surface area contributed by atoms with Crippen molar-refractivity contribution in [3.05, 3.63) is 35.9 Å². The summed E-state index contributed by atoms with van der Waals surface area (Å²) in [5.41, 5.74) is 1.39. The molecule has 3 rings (SSSR count). The van der Waals surface area contributed by atoms with Crippen molar-refractivity contribution in [3.8, 4) is 0 Å². The Morgan fingerprint density at radius 2 is 1.72 bits per heavy atom. The second-order valence-electron chi connectivity index (χ2n) is 8.05. The maximum absolute atomic E-state index is 4.44. The van der Waals surface area contributed by atoms with E-state index in [2.05, 4.69) is 67.7 Å². The number of nitrogens with zero attached hydrogens (tertiary/aromatic N) is 4. The number of hydrogen-bond acceptors (Lipinski definition) is 4. The Morgan fingerprint density at radius 1 is 0.966 bits per heavy atom. The molecule has 2 saturated heterocycles. The minimum absolute atomic E-state index is 0. The van der Waals surface area contributed by atoms with E-state index in [1.807, 2.05) is 7.05 Å². The van der Waals surface area contributed by atoms with Gasteiger partial charge in [0, 0.05) is 39.8 Å². The summed E-state index contributed by atoms with van der Waals surface area (Å²) in [6, 6.07) is 11.3. The van der Waals surface area contributed by atoms with E-state index in [-0.39, 0.29) is 24.0 Å². The Balaban J connectivity index is 0.00000300. The fraction of sp³-hybridized carbons (Fsp3) is 0.682. The van der Waals surface area contributed by atoms with E-state index in [9.17, 15) is 0 Å². The van der Waals surface area contributed by atoms with Crippen molar-refractivity contribution in [1.29, 1.82) is 0 Å². The topological polar surface area (TPSA) is 46.1 Å². The molecular formula is C22H39IN6. The lowest BCUT2D eigenvalue weighted by molar-refractivity contribution is 0.245. The van der Waals surface area contributed by atoms with Crippen LogP contribution >= 0.6 is 24.0 Å². The number of aliphatic imine (C=N–C) groups is 1. The Hall–Kier alpha value is -0.900. The minimum atomic E-state index is 0. The van der Waals surface area contributed by atoms with Crippen molar-refractivity contribution in [2.75, 3.05) is 73.0 Å². The SMILES string of the molecule is CN=C(NCCN1CCCN(C)CC1)NCC(c1ccccc1)N1CCCC1.I. The molecule has 1 aromatic rings. The third-order valence-corrected chi connectivity index (χ3v) is 5.98. The van der Waals surface area contributed by atoms with Crippen LogP contribution in [0.1, 0.15) is 30.9 Å². The van der Waals surface area contributed by atoms with E-state index in [0.29, 0.717) is 6.04 Å². The van der Waals surface area contributed by atoms with Gasteiger partial charge in [0.2, 0.25) is 0 Å². The van der Waals surface area contributed by atoms with Crippen molar-refractivity contribution < 1.29 is 0 Å². The van der Waals surface area contributed by atoms with E-state index >= 15 is 0 Å². The molecule has 29 heavy (non-hydrogen) atoms. The van der Waals surface area contributed by atoms with Crippen LogP contribution in [0, 0.1) is 0 Å². The van der Waals surface area contributed by atoms with E-state index in [4.69, 9.17) is 0 Å². The molecule has 2 aliphatic heterocycles. The Kier molecular flexibility index (Phi) is 11.3. The van der Waals surface area contributed by atoms with Crippen molar-refractivity contribution >= 4 is 29.9 Å². The number of nitrogens with one attached hydrogen (secondary N) is 2. The Morgan fingerprint density at radius 3 is 2.45 bits per heavy atom. The summed E-state index contributed by atoms with van der Waals surface area (Å²) in [4.78, 5) is 12.0. The number of guanidine groups is 1. The number of likely N-dealkylation sites (tertiary alicyclic amines) is 1. The average Bonchev–Trinajstić information content (AvgIpc) is 3.17. The average molecular weight is 515 g/mol. The molecule has 2 heterocycles. The molecule has 2 fully saturated rings. The van der Waals surface area contributed by atoms with Gasteiger partial charge >= 0.3 is 0 Å². The molecular weight excluding hydrogens is 475 g/mol. The van der Waals surface area contributed by atoms with Crippen molar-refractivity contribution in [2.45, 2.75) is 25.3 Å². The summed E-state index contributed by atoms with van der Waals surface area (Å²) in [5.74, 6) is 0.909. The maximum Gasteiger partial charge on any atom is 0.191 e. The minimum Gasteiger partial charge on any atom is -0.355 e. The lowest BCUT2D eigenvalue weighted by atomic mass is 10.1. The number of halogens is 1. The van der Waals surface area contributed by atoms with Crippen LogP contribution in [0.5, 0.6) is 0 Å². The second-order valence-corrected chi connectivity index (χ2v) is 8.05. The summed E-state index contributed by atoms with van der Waals surface area (Å²) in [7, 11) is 4.08.